The van der Waals surface area contributed by atoms with Gasteiger partial charge in [0.1, 0.15) is 5.82 Å². The van der Waals surface area contributed by atoms with E-state index in [1.165, 1.54) is 13.2 Å². The zero-order valence-corrected chi connectivity index (χ0v) is 11.2. The number of ether oxygens (including phenoxy) is 1. The average molecular weight is 279 g/mol. The second-order valence-electron chi connectivity index (χ2n) is 3.55. The molecule has 0 aromatic heterocycles. The van der Waals surface area contributed by atoms with Crippen LogP contribution in [0, 0.1) is 5.82 Å². The Balaban J connectivity index is 2.98. The summed E-state index contributed by atoms with van der Waals surface area (Å²) in [5, 5.41) is 0.471. The van der Waals surface area contributed by atoms with E-state index >= 15 is 0 Å². The molecule has 0 unspecified atom stereocenters. The molecule has 0 saturated carbocycles. The van der Waals surface area contributed by atoms with E-state index in [0.29, 0.717) is 22.6 Å². The first-order valence-electron chi connectivity index (χ1n) is 5.23. The minimum atomic E-state index is -0.503. The van der Waals surface area contributed by atoms with Crippen molar-refractivity contribution in [2.75, 3.05) is 7.11 Å². The van der Waals surface area contributed by atoms with Gasteiger partial charge in [-0.2, -0.15) is 0 Å². The summed E-state index contributed by atoms with van der Waals surface area (Å²) in [7, 11) is 1.29. The van der Waals surface area contributed by atoms with Crippen LogP contribution in [0.15, 0.2) is 6.07 Å². The third-order valence-electron chi connectivity index (χ3n) is 2.51. The molecule has 0 aliphatic carbocycles. The van der Waals surface area contributed by atoms with Gasteiger partial charge in [0.15, 0.2) is 0 Å². The van der Waals surface area contributed by atoms with Gasteiger partial charge in [0.05, 0.1) is 12.1 Å². The van der Waals surface area contributed by atoms with E-state index in [9.17, 15) is 9.18 Å². The molecule has 1 rings (SSSR count). The third-order valence-corrected chi connectivity index (χ3v) is 3.24. The topological polar surface area (TPSA) is 26.3 Å². The monoisotopic (exact) mass is 278 g/mol. The molecule has 0 saturated heterocycles. The number of esters is 1. The van der Waals surface area contributed by atoms with E-state index in [2.05, 4.69) is 4.74 Å². The van der Waals surface area contributed by atoms with E-state index in [1.807, 2.05) is 6.92 Å². The van der Waals surface area contributed by atoms with Crippen molar-refractivity contribution in [3.8, 4) is 0 Å². The quantitative estimate of drug-likeness (QED) is 0.619. The molecule has 0 spiro atoms. The molecule has 0 bridgehead atoms. The molecule has 94 valence electrons. The van der Waals surface area contributed by atoms with Gasteiger partial charge in [-0.3, -0.25) is 4.79 Å². The Morgan fingerprint density at radius 3 is 2.65 bits per heavy atom. The van der Waals surface area contributed by atoms with Crippen LogP contribution in [-0.4, -0.2) is 13.1 Å². The van der Waals surface area contributed by atoms with Crippen molar-refractivity contribution >= 4 is 29.2 Å². The van der Waals surface area contributed by atoms with Gasteiger partial charge in [0.25, 0.3) is 0 Å². The molecular weight excluding hydrogens is 266 g/mol. The Morgan fingerprint density at radius 1 is 1.47 bits per heavy atom. The number of halogens is 3. The maximum atomic E-state index is 13.8. The highest BCUT2D eigenvalue weighted by Crippen LogP contribution is 2.31. The molecule has 2 nitrogen and oxygen atoms in total. The molecule has 0 aliphatic heterocycles. The highest BCUT2D eigenvalue weighted by Gasteiger charge is 2.15. The number of methoxy groups -OCH3 is 1. The number of aryl methyl sites for hydroxylation is 1. The molecule has 0 amide bonds. The standard InChI is InChI=1S/C12H13Cl2FO2/c1-3-8-9(13)6-7(12(15)11(8)14)4-5-10(16)17-2/h6H,3-5H2,1-2H3. The summed E-state index contributed by atoms with van der Waals surface area (Å²) in [5.41, 5.74) is 0.926. The van der Waals surface area contributed by atoms with E-state index in [-0.39, 0.29) is 17.9 Å². The lowest BCUT2D eigenvalue weighted by Gasteiger charge is -2.10. The third kappa shape index (κ3) is 3.33. The lowest BCUT2D eigenvalue weighted by Crippen LogP contribution is -2.04. The molecule has 0 N–H and O–H groups in total. The van der Waals surface area contributed by atoms with Crippen molar-refractivity contribution in [3.63, 3.8) is 0 Å². The fraction of sp³-hybridized carbons (Fsp3) is 0.417. The van der Waals surface area contributed by atoms with E-state index in [4.69, 9.17) is 23.2 Å². The smallest absolute Gasteiger partial charge is 0.305 e. The summed E-state index contributed by atoms with van der Waals surface area (Å²) < 4.78 is 18.3. The molecule has 1 aromatic rings. The van der Waals surface area contributed by atoms with Gasteiger partial charge >= 0.3 is 5.97 Å². The molecule has 0 aliphatic rings. The summed E-state index contributed by atoms with van der Waals surface area (Å²) in [6.45, 7) is 1.85. The number of rotatable bonds is 4. The van der Waals surface area contributed by atoms with Gasteiger partial charge in [-0.1, -0.05) is 30.1 Å². The predicted molar refractivity (Wildman–Crippen MR) is 66.1 cm³/mol. The zero-order chi connectivity index (χ0) is 13.0. The molecule has 0 heterocycles. The fourth-order valence-electron chi connectivity index (χ4n) is 1.53. The molecular formula is C12H13Cl2FO2. The van der Waals surface area contributed by atoms with Crippen LogP contribution in [-0.2, 0) is 22.4 Å². The number of carbonyl (C=O) groups is 1. The van der Waals surface area contributed by atoms with Crippen LogP contribution in [0.2, 0.25) is 10.0 Å². The van der Waals surface area contributed by atoms with Crippen molar-refractivity contribution in [1.29, 1.82) is 0 Å². The second-order valence-corrected chi connectivity index (χ2v) is 4.34. The summed E-state index contributed by atoms with van der Waals surface area (Å²) >= 11 is 11.9. The van der Waals surface area contributed by atoms with Crippen LogP contribution < -0.4 is 0 Å². The lowest BCUT2D eigenvalue weighted by atomic mass is 10.0. The van der Waals surface area contributed by atoms with Crippen molar-refractivity contribution in [1.82, 2.24) is 0 Å². The first kappa shape index (κ1) is 14.3. The highest BCUT2D eigenvalue weighted by atomic mass is 35.5. The van der Waals surface area contributed by atoms with Crippen LogP contribution in [0.4, 0.5) is 4.39 Å². The summed E-state index contributed by atoms with van der Waals surface area (Å²) in [6.07, 6.45) is 0.888. The number of benzene rings is 1. The van der Waals surface area contributed by atoms with Crippen LogP contribution in [0.5, 0.6) is 0 Å². The Morgan fingerprint density at radius 2 is 2.12 bits per heavy atom. The van der Waals surface area contributed by atoms with Crippen LogP contribution in [0.3, 0.4) is 0 Å². The fourth-order valence-corrected chi connectivity index (χ4v) is 2.29. The molecule has 17 heavy (non-hydrogen) atoms. The lowest BCUT2D eigenvalue weighted by molar-refractivity contribution is -0.140. The van der Waals surface area contributed by atoms with Gasteiger partial charge in [-0.15, -0.1) is 0 Å². The van der Waals surface area contributed by atoms with Gasteiger partial charge < -0.3 is 4.74 Å². The highest BCUT2D eigenvalue weighted by molar-refractivity contribution is 6.36. The Bertz CT molecular complexity index is 433. The average Bonchev–Trinajstić information content (AvgIpc) is 2.32. The molecule has 0 radical (unpaired) electrons. The van der Waals surface area contributed by atoms with Crippen molar-refractivity contribution < 1.29 is 13.9 Å². The Kier molecular flexibility index (Phi) is 5.22. The van der Waals surface area contributed by atoms with Gasteiger partial charge in [0, 0.05) is 11.4 Å². The maximum absolute atomic E-state index is 13.8. The maximum Gasteiger partial charge on any atom is 0.305 e. The van der Waals surface area contributed by atoms with Crippen LogP contribution >= 0.6 is 23.2 Å². The van der Waals surface area contributed by atoms with Crippen LogP contribution in [0.25, 0.3) is 0 Å². The van der Waals surface area contributed by atoms with E-state index in [0.717, 1.165) is 0 Å². The molecule has 1 aromatic carbocycles. The number of hydrogen-bond donors (Lipinski definition) is 0. The minimum absolute atomic E-state index is 0.0415. The largest absolute Gasteiger partial charge is 0.469 e. The molecule has 5 heteroatoms. The van der Waals surface area contributed by atoms with Gasteiger partial charge in [0.2, 0.25) is 0 Å². The number of carbonyl (C=O) groups excluding carboxylic acids is 1. The first-order valence-corrected chi connectivity index (χ1v) is 5.98. The Hall–Kier alpha value is -0.800. The van der Waals surface area contributed by atoms with Crippen molar-refractivity contribution in [3.05, 3.63) is 33.1 Å². The first-order chi connectivity index (χ1) is 8.01. The second kappa shape index (κ2) is 6.22. The molecule has 0 fully saturated rings. The minimum Gasteiger partial charge on any atom is -0.469 e. The summed E-state index contributed by atoms with van der Waals surface area (Å²) in [4.78, 5) is 11.0. The predicted octanol–water partition coefficient (Wildman–Crippen LogP) is 3.80. The number of hydrogen-bond acceptors (Lipinski definition) is 2. The van der Waals surface area contributed by atoms with Crippen molar-refractivity contribution in [2.24, 2.45) is 0 Å². The zero-order valence-electron chi connectivity index (χ0n) is 9.65. The Labute approximate surface area is 110 Å². The normalized spacial score (nSPS) is 10.4. The van der Waals surface area contributed by atoms with Crippen LogP contribution in [0.1, 0.15) is 24.5 Å². The van der Waals surface area contributed by atoms with E-state index in [1.54, 1.807) is 0 Å². The SMILES string of the molecule is CCc1c(Cl)cc(CCC(=O)OC)c(F)c1Cl. The van der Waals surface area contributed by atoms with Gasteiger partial charge in [-0.05, 0) is 30.0 Å². The van der Waals surface area contributed by atoms with Crippen molar-refractivity contribution in [2.45, 2.75) is 26.2 Å². The van der Waals surface area contributed by atoms with E-state index < -0.39 is 11.8 Å². The van der Waals surface area contributed by atoms with Gasteiger partial charge in [-0.25, -0.2) is 4.39 Å². The summed E-state index contributed by atoms with van der Waals surface area (Å²) in [6, 6.07) is 1.52. The molecule has 0 atom stereocenters. The summed E-state index contributed by atoms with van der Waals surface area (Å²) in [5.74, 6) is -0.895.